The Morgan fingerprint density at radius 3 is 2.08 bits per heavy atom. The monoisotopic (exact) mass is 354 g/mol. The maximum absolute atomic E-state index is 13.1. The Balaban J connectivity index is 2.06. The van der Waals surface area contributed by atoms with Crippen molar-refractivity contribution in [3.8, 4) is 23.0 Å². The van der Waals surface area contributed by atoms with Crippen LogP contribution in [0.4, 0.5) is 0 Å². The zero-order valence-electron chi connectivity index (χ0n) is 14.6. The van der Waals surface area contributed by atoms with Crippen molar-refractivity contribution in [2.24, 2.45) is 0 Å². The summed E-state index contributed by atoms with van der Waals surface area (Å²) in [5, 5.41) is 19.5. The first-order valence-corrected chi connectivity index (χ1v) is 7.88. The van der Waals surface area contributed by atoms with Crippen LogP contribution in [0.5, 0.6) is 23.0 Å². The van der Waals surface area contributed by atoms with Gasteiger partial charge in [-0.15, -0.1) is 0 Å². The van der Waals surface area contributed by atoms with Gasteiger partial charge in [-0.1, -0.05) is 12.1 Å². The molecule has 6 heteroatoms. The fraction of sp³-hybridized carbons (Fsp3) is 0.200. The molecule has 0 heterocycles. The van der Waals surface area contributed by atoms with Crippen molar-refractivity contribution in [1.82, 2.24) is 0 Å². The molecule has 0 fully saturated rings. The van der Waals surface area contributed by atoms with E-state index in [1.54, 1.807) is 13.0 Å². The smallest absolute Gasteiger partial charge is 0.181 e. The second-order valence-electron chi connectivity index (χ2n) is 6.15. The molecule has 2 aromatic carbocycles. The fourth-order valence-corrected chi connectivity index (χ4v) is 3.04. The van der Waals surface area contributed by atoms with Gasteiger partial charge in [0.1, 0.15) is 5.41 Å². The predicted molar refractivity (Wildman–Crippen MR) is 94.7 cm³/mol. The molecule has 0 radical (unpaired) electrons. The lowest BCUT2D eigenvalue weighted by atomic mass is 9.77. The van der Waals surface area contributed by atoms with E-state index in [9.17, 15) is 19.8 Å². The molecule has 0 aromatic heterocycles. The van der Waals surface area contributed by atoms with Crippen LogP contribution in [-0.2, 0) is 15.0 Å². The number of ether oxygens (including phenoxy) is 2. The fourth-order valence-electron chi connectivity index (χ4n) is 3.04. The molecule has 1 atom stereocenters. The van der Waals surface area contributed by atoms with Crippen LogP contribution >= 0.6 is 0 Å². The van der Waals surface area contributed by atoms with Crippen LogP contribution < -0.4 is 9.47 Å². The Labute approximate surface area is 150 Å². The standard InChI is InChI=1S/C20H18O6/c1-20(12-5-7-15(22)17(9-12)26-3)18(23)10-13(19(20)24)11-4-6-14(21)16(8-11)25-2/h4-10,21-22H,1-3H3/t20-/m1/s1. The van der Waals surface area contributed by atoms with Gasteiger partial charge in [-0.05, 0) is 48.4 Å². The highest BCUT2D eigenvalue weighted by molar-refractivity contribution is 6.42. The van der Waals surface area contributed by atoms with E-state index in [2.05, 4.69) is 0 Å². The van der Waals surface area contributed by atoms with E-state index >= 15 is 0 Å². The molecule has 2 aromatic rings. The number of carbonyl (C=O) groups is 2. The molecular formula is C20H18O6. The van der Waals surface area contributed by atoms with E-state index in [1.807, 2.05) is 0 Å². The number of hydrogen-bond donors (Lipinski definition) is 2. The van der Waals surface area contributed by atoms with E-state index in [0.29, 0.717) is 11.1 Å². The average Bonchev–Trinajstić information content (AvgIpc) is 2.87. The second-order valence-corrected chi connectivity index (χ2v) is 6.15. The molecule has 3 rings (SSSR count). The molecule has 0 aliphatic heterocycles. The lowest BCUT2D eigenvalue weighted by Crippen LogP contribution is -2.35. The second kappa shape index (κ2) is 6.22. The summed E-state index contributed by atoms with van der Waals surface area (Å²) >= 11 is 0. The molecule has 0 unspecified atom stereocenters. The van der Waals surface area contributed by atoms with Crippen LogP contribution in [0, 0.1) is 0 Å². The molecule has 0 saturated carbocycles. The molecule has 1 aliphatic rings. The number of allylic oxidation sites excluding steroid dienone is 2. The first-order valence-electron chi connectivity index (χ1n) is 7.88. The van der Waals surface area contributed by atoms with Gasteiger partial charge in [0, 0.05) is 5.57 Å². The van der Waals surface area contributed by atoms with E-state index in [4.69, 9.17) is 9.47 Å². The molecular weight excluding hydrogens is 336 g/mol. The molecule has 1 aliphatic carbocycles. The Morgan fingerprint density at radius 2 is 1.46 bits per heavy atom. The molecule has 134 valence electrons. The third-order valence-corrected chi connectivity index (χ3v) is 4.71. The maximum atomic E-state index is 13.1. The first kappa shape index (κ1) is 17.5. The largest absolute Gasteiger partial charge is 0.504 e. The summed E-state index contributed by atoms with van der Waals surface area (Å²) < 4.78 is 10.2. The van der Waals surface area contributed by atoms with Crippen molar-refractivity contribution in [2.75, 3.05) is 14.2 Å². The molecule has 0 bridgehead atoms. The number of rotatable bonds is 4. The summed E-state index contributed by atoms with van der Waals surface area (Å²) in [6, 6.07) is 8.88. The van der Waals surface area contributed by atoms with Gasteiger partial charge < -0.3 is 19.7 Å². The molecule has 0 saturated heterocycles. The van der Waals surface area contributed by atoms with Gasteiger partial charge in [0.15, 0.2) is 34.6 Å². The predicted octanol–water partition coefficient (Wildman–Crippen LogP) is 2.61. The van der Waals surface area contributed by atoms with E-state index in [-0.39, 0.29) is 40.1 Å². The van der Waals surface area contributed by atoms with Crippen molar-refractivity contribution in [3.63, 3.8) is 0 Å². The van der Waals surface area contributed by atoms with E-state index < -0.39 is 5.41 Å². The normalized spacial score (nSPS) is 19.4. The highest BCUT2D eigenvalue weighted by atomic mass is 16.5. The van der Waals surface area contributed by atoms with Crippen LogP contribution in [0.1, 0.15) is 18.1 Å². The van der Waals surface area contributed by atoms with Gasteiger partial charge in [0.2, 0.25) is 0 Å². The van der Waals surface area contributed by atoms with Crippen molar-refractivity contribution in [3.05, 3.63) is 53.6 Å². The van der Waals surface area contributed by atoms with Crippen LogP contribution in [0.2, 0.25) is 0 Å². The number of ketones is 2. The summed E-state index contributed by atoms with van der Waals surface area (Å²) in [5.41, 5.74) is -0.268. The first-order chi connectivity index (χ1) is 12.3. The molecule has 0 spiro atoms. The Kier molecular flexibility index (Phi) is 4.20. The summed E-state index contributed by atoms with van der Waals surface area (Å²) in [7, 11) is 2.80. The molecule has 26 heavy (non-hydrogen) atoms. The van der Waals surface area contributed by atoms with E-state index in [0.717, 1.165) is 0 Å². The quantitative estimate of drug-likeness (QED) is 0.820. The zero-order chi connectivity index (χ0) is 19.1. The summed E-state index contributed by atoms with van der Waals surface area (Å²) in [5.74, 6) is -0.471. The lowest BCUT2D eigenvalue weighted by molar-refractivity contribution is -0.127. The number of hydrogen-bond acceptors (Lipinski definition) is 6. The Hall–Kier alpha value is -3.28. The van der Waals surface area contributed by atoms with Crippen molar-refractivity contribution >= 4 is 17.1 Å². The molecule has 0 amide bonds. The van der Waals surface area contributed by atoms with Crippen LogP contribution in [0.3, 0.4) is 0 Å². The summed E-state index contributed by atoms with van der Waals surface area (Å²) in [6.07, 6.45) is 1.30. The van der Waals surface area contributed by atoms with Gasteiger partial charge >= 0.3 is 0 Å². The van der Waals surface area contributed by atoms with Gasteiger partial charge in [0.25, 0.3) is 0 Å². The SMILES string of the molecule is COc1cc(C2=CC(=O)[C@@](C)(c3ccc(O)c(OC)c3)C2=O)ccc1O. The van der Waals surface area contributed by atoms with E-state index in [1.165, 1.54) is 50.6 Å². The van der Waals surface area contributed by atoms with Gasteiger partial charge in [-0.2, -0.15) is 0 Å². The molecule has 2 N–H and O–H groups in total. The Morgan fingerprint density at radius 1 is 0.885 bits per heavy atom. The maximum Gasteiger partial charge on any atom is 0.181 e. The highest BCUT2D eigenvalue weighted by Crippen LogP contribution is 2.42. The third-order valence-electron chi connectivity index (χ3n) is 4.71. The number of phenols is 2. The van der Waals surface area contributed by atoms with Crippen LogP contribution in [0.15, 0.2) is 42.5 Å². The highest BCUT2D eigenvalue weighted by Gasteiger charge is 2.48. The van der Waals surface area contributed by atoms with Gasteiger partial charge in [-0.3, -0.25) is 9.59 Å². The van der Waals surface area contributed by atoms with Gasteiger partial charge in [0.05, 0.1) is 14.2 Å². The third kappa shape index (κ3) is 2.50. The minimum absolute atomic E-state index is 0.0559. The summed E-state index contributed by atoms with van der Waals surface area (Å²) in [4.78, 5) is 25.8. The number of methoxy groups -OCH3 is 2. The average molecular weight is 354 g/mol. The zero-order valence-corrected chi connectivity index (χ0v) is 14.6. The molecule has 6 nitrogen and oxygen atoms in total. The van der Waals surface area contributed by atoms with Crippen molar-refractivity contribution in [1.29, 1.82) is 0 Å². The van der Waals surface area contributed by atoms with Gasteiger partial charge in [-0.25, -0.2) is 0 Å². The number of benzene rings is 2. The number of aromatic hydroxyl groups is 2. The van der Waals surface area contributed by atoms with Crippen LogP contribution in [0.25, 0.3) is 5.57 Å². The summed E-state index contributed by atoms with van der Waals surface area (Å²) in [6.45, 7) is 1.55. The lowest BCUT2D eigenvalue weighted by Gasteiger charge is -2.22. The minimum atomic E-state index is -1.42. The van der Waals surface area contributed by atoms with Crippen molar-refractivity contribution < 1.29 is 29.3 Å². The number of phenolic OH excluding ortho intramolecular Hbond substituents is 2. The number of carbonyl (C=O) groups excluding carboxylic acids is 2. The van der Waals surface area contributed by atoms with Crippen molar-refractivity contribution in [2.45, 2.75) is 12.3 Å². The Bertz CT molecular complexity index is 943. The topological polar surface area (TPSA) is 93.1 Å². The van der Waals surface area contributed by atoms with Crippen LogP contribution in [-0.4, -0.2) is 36.0 Å². The minimum Gasteiger partial charge on any atom is -0.504 e. The number of Topliss-reactive ketones (excluding diaryl/α,β-unsaturated/α-hetero) is 1.